The minimum absolute atomic E-state index is 0.0941. The highest BCUT2D eigenvalue weighted by Gasteiger charge is 2.44. The van der Waals surface area contributed by atoms with Crippen LogP contribution < -0.4 is 0 Å². The van der Waals surface area contributed by atoms with Crippen LogP contribution in [0.5, 0.6) is 0 Å². The summed E-state index contributed by atoms with van der Waals surface area (Å²) in [6, 6.07) is 4.04. The molecule has 1 aliphatic carbocycles. The van der Waals surface area contributed by atoms with Crippen molar-refractivity contribution in [2.45, 2.75) is 37.7 Å². The molecule has 2 saturated heterocycles. The van der Waals surface area contributed by atoms with Gasteiger partial charge >= 0.3 is 5.97 Å². The Hall–Kier alpha value is -2.85. The number of ether oxygens (including phenoxy) is 2. The van der Waals surface area contributed by atoms with Crippen molar-refractivity contribution in [3.8, 4) is 5.82 Å². The van der Waals surface area contributed by atoms with Crippen LogP contribution in [-0.4, -0.2) is 92.5 Å². The smallest absolute Gasteiger partial charge is 0.336 e. The number of carbonyl (C=O) groups is 1. The Morgan fingerprint density at radius 2 is 2.03 bits per heavy atom. The lowest BCUT2D eigenvalue weighted by Gasteiger charge is -2.48. The zero-order chi connectivity index (χ0) is 22.3. The largest absolute Gasteiger partial charge is 0.456 e. The van der Waals surface area contributed by atoms with Gasteiger partial charge in [0.2, 0.25) is 0 Å². The second-order valence-electron chi connectivity index (χ2n) is 9.53. The highest BCUT2D eigenvalue weighted by atomic mass is 16.5. The number of pyridine rings is 1. The number of cyclic esters (lactones) is 1. The molecule has 6 rings (SSSR count). The lowest BCUT2D eigenvalue weighted by atomic mass is 9.88. The number of likely N-dealkylation sites (tertiary alicyclic amines) is 1. The van der Waals surface area contributed by atoms with Gasteiger partial charge in [-0.05, 0) is 60.1 Å². The van der Waals surface area contributed by atoms with Gasteiger partial charge in [-0.15, -0.1) is 5.10 Å². The van der Waals surface area contributed by atoms with Gasteiger partial charge in [-0.3, -0.25) is 0 Å². The Labute approximate surface area is 192 Å². The summed E-state index contributed by atoms with van der Waals surface area (Å²) in [7, 11) is 0. The molecule has 174 valence electrons. The van der Waals surface area contributed by atoms with Crippen LogP contribution in [0.15, 0.2) is 35.9 Å². The number of aromatic nitrogens is 5. The minimum Gasteiger partial charge on any atom is -0.456 e. The molecule has 0 radical (unpaired) electrons. The topological polar surface area (TPSA) is 98.5 Å². The molecule has 1 spiro atoms. The van der Waals surface area contributed by atoms with Crippen LogP contribution in [0.4, 0.5) is 0 Å². The Bertz CT molecular complexity index is 1020. The van der Waals surface area contributed by atoms with Crippen molar-refractivity contribution in [1.82, 2.24) is 35.0 Å². The van der Waals surface area contributed by atoms with E-state index in [0.29, 0.717) is 12.5 Å². The standard InChI is InChI=1S/C23H29N7O3/c31-22-21(18-2-3-18)19(14-32-22)29-11-12-33-23(15-29)6-9-28(10-7-23)8-5-17-1-4-20(24-13-17)30-16-25-26-27-30/h1,4,13,16,18H,2-3,5-12,14-15H2. The molecule has 5 heterocycles. The van der Waals surface area contributed by atoms with Crippen LogP contribution in [0.3, 0.4) is 0 Å². The Morgan fingerprint density at radius 1 is 1.15 bits per heavy atom. The number of hydrogen-bond acceptors (Lipinski definition) is 9. The number of nitrogens with zero attached hydrogens (tertiary/aromatic N) is 7. The molecule has 0 unspecified atom stereocenters. The number of hydrogen-bond donors (Lipinski definition) is 0. The molecule has 2 aromatic rings. The summed E-state index contributed by atoms with van der Waals surface area (Å²) in [6.45, 7) is 5.92. The number of tetrazole rings is 1. The summed E-state index contributed by atoms with van der Waals surface area (Å²) in [6.07, 6.45) is 8.67. The van der Waals surface area contributed by atoms with Gasteiger partial charge in [0.15, 0.2) is 5.82 Å². The fraction of sp³-hybridized carbons (Fsp3) is 0.609. The molecule has 0 atom stereocenters. The van der Waals surface area contributed by atoms with E-state index in [2.05, 4.69) is 36.4 Å². The molecule has 0 amide bonds. The summed E-state index contributed by atoms with van der Waals surface area (Å²) in [5.41, 5.74) is 3.17. The molecule has 2 aromatic heterocycles. The van der Waals surface area contributed by atoms with E-state index < -0.39 is 0 Å². The second-order valence-corrected chi connectivity index (χ2v) is 9.53. The molecule has 3 fully saturated rings. The van der Waals surface area contributed by atoms with Crippen molar-refractivity contribution < 1.29 is 14.3 Å². The van der Waals surface area contributed by atoms with E-state index in [1.807, 2.05) is 12.3 Å². The molecule has 10 nitrogen and oxygen atoms in total. The average molecular weight is 452 g/mol. The monoisotopic (exact) mass is 451 g/mol. The molecule has 0 aromatic carbocycles. The SMILES string of the molecule is O=C1OCC(N2CCOC3(CCN(CCc4ccc(-n5cnnn5)nc4)CC3)C2)=C1C1CC1. The molecule has 10 heteroatoms. The third-order valence-electron chi connectivity index (χ3n) is 7.36. The fourth-order valence-corrected chi connectivity index (χ4v) is 5.26. The van der Waals surface area contributed by atoms with Crippen LogP contribution in [0.25, 0.3) is 5.82 Å². The van der Waals surface area contributed by atoms with Crippen LogP contribution >= 0.6 is 0 Å². The van der Waals surface area contributed by atoms with Crippen LogP contribution in [0.1, 0.15) is 31.2 Å². The van der Waals surface area contributed by atoms with Gasteiger partial charge in [0.1, 0.15) is 12.9 Å². The first-order chi connectivity index (χ1) is 16.2. The van der Waals surface area contributed by atoms with Crippen LogP contribution in [-0.2, 0) is 20.7 Å². The summed E-state index contributed by atoms with van der Waals surface area (Å²) < 4.78 is 13.3. The van der Waals surface area contributed by atoms with Gasteiger partial charge in [0.25, 0.3) is 0 Å². The van der Waals surface area contributed by atoms with Gasteiger partial charge in [0, 0.05) is 38.9 Å². The van der Waals surface area contributed by atoms with Gasteiger partial charge in [-0.25, -0.2) is 9.78 Å². The predicted molar refractivity (Wildman–Crippen MR) is 117 cm³/mol. The molecule has 33 heavy (non-hydrogen) atoms. The van der Waals surface area contributed by atoms with Gasteiger partial charge < -0.3 is 19.3 Å². The van der Waals surface area contributed by atoms with E-state index >= 15 is 0 Å². The van der Waals surface area contributed by atoms with Gasteiger partial charge in [-0.2, -0.15) is 4.68 Å². The van der Waals surface area contributed by atoms with Crippen molar-refractivity contribution in [1.29, 1.82) is 0 Å². The Morgan fingerprint density at radius 3 is 2.76 bits per heavy atom. The Balaban J connectivity index is 1.03. The third kappa shape index (κ3) is 4.24. The summed E-state index contributed by atoms with van der Waals surface area (Å²) in [4.78, 5) is 21.6. The summed E-state index contributed by atoms with van der Waals surface area (Å²) in [5.74, 6) is 1.05. The van der Waals surface area contributed by atoms with Gasteiger partial charge in [-0.1, -0.05) is 6.07 Å². The first-order valence-corrected chi connectivity index (χ1v) is 11.9. The van der Waals surface area contributed by atoms with Crippen molar-refractivity contribution in [2.75, 3.05) is 45.9 Å². The van der Waals surface area contributed by atoms with E-state index in [1.54, 1.807) is 11.0 Å². The molecule has 0 bridgehead atoms. The summed E-state index contributed by atoms with van der Waals surface area (Å²) >= 11 is 0. The van der Waals surface area contributed by atoms with E-state index in [0.717, 1.165) is 88.5 Å². The molecule has 3 aliphatic heterocycles. The number of esters is 1. The minimum atomic E-state index is -0.114. The first kappa shape index (κ1) is 20.7. The molecular formula is C23H29N7O3. The molecule has 4 aliphatic rings. The van der Waals surface area contributed by atoms with E-state index in [9.17, 15) is 4.79 Å². The van der Waals surface area contributed by atoms with Gasteiger partial charge in [0.05, 0.1) is 23.5 Å². The number of piperidine rings is 1. The van der Waals surface area contributed by atoms with Crippen LogP contribution in [0, 0.1) is 5.92 Å². The predicted octanol–water partition coefficient (Wildman–Crippen LogP) is 0.988. The molecule has 0 N–H and O–H groups in total. The molecular weight excluding hydrogens is 422 g/mol. The highest BCUT2D eigenvalue weighted by molar-refractivity contribution is 5.92. The maximum Gasteiger partial charge on any atom is 0.336 e. The normalized spacial score (nSPS) is 23.4. The highest BCUT2D eigenvalue weighted by Crippen LogP contribution is 2.42. The Kier molecular flexibility index (Phi) is 5.34. The zero-order valence-corrected chi connectivity index (χ0v) is 18.7. The number of carbonyl (C=O) groups excluding carboxylic acids is 1. The lowest BCUT2D eigenvalue weighted by molar-refractivity contribution is -0.137. The zero-order valence-electron chi connectivity index (χ0n) is 18.7. The maximum atomic E-state index is 12.2. The van der Waals surface area contributed by atoms with E-state index in [1.165, 1.54) is 5.56 Å². The summed E-state index contributed by atoms with van der Waals surface area (Å²) in [5, 5.41) is 11.2. The fourth-order valence-electron chi connectivity index (χ4n) is 5.26. The van der Waals surface area contributed by atoms with E-state index in [-0.39, 0.29) is 11.6 Å². The maximum absolute atomic E-state index is 12.2. The average Bonchev–Trinajstić information content (AvgIpc) is 3.37. The third-order valence-corrected chi connectivity index (χ3v) is 7.36. The first-order valence-electron chi connectivity index (χ1n) is 11.9. The molecule has 1 saturated carbocycles. The van der Waals surface area contributed by atoms with Crippen molar-refractivity contribution in [2.24, 2.45) is 5.92 Å². The van der Waals surface area contributed by atoms with Crippen molar-refractivity contribution >= 4 is 5.97 Å². The van der Waals surface area contributed by atoms with Crippen LogP contribution in [0.2, 0.25) is 0 Å². The van der Waals surface area contributed by atoms with Crippen molar-refractivity contribution in [3.63, 3.8) is 0 Å². The number of rotatable bonds is 6. The number of morpholine rings is 1. The quantitative estimate of drug-likeness (QED) is 0.595. The van der Waals surface area contributed by atoms with Crippen molar-refractivity contribution in [3.05, 3.63) is 41.5 Å². The second kappa shape index (κ2) is 8.49. The lowest BCUT2D eigenvalue weighted by Crippen LogP contribution is -2.56. The van der Waals surface area contributed by atoms with E-state index in [4.69, 9.17) is 9.47 Å².